The van der Waals surface area contributed by atoms with Gasteiger partial charge in [-0.05, 0) is 19.2 Å². The SMILES string of the molecule is CNCC(O)C(O)c1ccc(C(=O)OC)cn1. The number of carbonyl (C=O) groups is 1. The van der Waals surface area contributed by atoms with Crippen LogP contribution in [0, 0.1) is 0 Å². The number of likely N-dealkylation sites (N-methyl/N-ethyl adjacent to an activating group) is 1. The molecule has 6 heteroatoms. The fourth-order valence-electron chi connectivity index (χ4n) is 1.34. The molecule has 17 heavy (non-hydrogen) atoms. The number of esters is 1. The van der Waals surface area contributed by atoms with Crippen LogP contribution >= 0.6 is 0 Å². The Balaban J connectivity index is 2.76. The fraction of sp³-hybridized carbons (Fsp3) is 0.455. The molecule has 1 aromatic heterocycles. The maximum Gasteiger partial charge on any atom is 0.339 e. The number of nitrogens with one attached hydrogen (secondary N) is 1. The zero-order valence-corrected chi connectivity index (χ0v) is 9.75. The average molecular weight is 240 g/mol. The third kappa shape index (κ3) is 3.48. The molecule has 94 valence electrons. The van der Waals surface area contributed by atoms with E-state index < -0.39 is 18.2 Å². The molecule has 0 bridgehead atoms. The quantitative estimate of drug-likeness (QED) is 0.600. The summed E-state index contributed by atoms with van der Waals surface area (Å²) in [5.74, 6) is -0.491. The van der Waals surface area contributed by atoms with Crippen molar-refractivity contribution in [2.75, 3.05) is 20.7 Å². The number of rotatable bonds is 5. The standard InChI is InChI=1S/C11H16N2O4/c1-12-6-9(14)10(15)8-4-3-7(5-13-8)11(16)17-2/h3-5,9-10,12,14-15H,6H2,1-2H3. The number of methoxy groups -OCH3 is 1. The van der Waals surface area contributed by atoms with E-state index in [1.807, 2.05) is 0 Å². The van der Waals surface area contributed by atoms with E-state index >= 15 is 0 Å². The first-order valence-corrected chi connectivity index (χ1v) is 5.15. The molecule has 6 nitrogen and oxygen atoms in total. The highest BCUT2D eigenvalue weighted by molar-refractivity contribution is 5.88. The second kappa shape index (κ2) is 6.29. The zero-order chi connectivity index (χ0) is 12.8. The maximum atomic E-state index is 11.1. The minimum Gasteiger partial charge on any atom is -0.465 e. The van der Waals surface area contributed by atoms with E-state index in [2.05, 4.69) is 15.0 Å². The fourth-order valence-corrected chi connectivity index (χ4v) is 1.34. The molecule has 1 heterocycles. The van der Waals surface area contributed by atoms with E-state index in [9.17, 15) is 15.0 Å². The first-order valence-electron chi connectivity index (χ1n) is 5.15. The van der Waals surface area contributed by atoms with Crippen LogP contribution in [0.2, 0.25) is 0 Å². The Hall–Kier alpha value is -1.50. The average Bonchev–Trinajstić information content (AvgIpc) is 2.37. The second-order valence-electron chi connectivity index (χ2n) is 3.53. The Kier molecular flexibility index (Phi) is 5.02. The summed E-state index contributed by atoms with van der Waals surface area (Å²) in [6.07, 6.45) is -0.734. The van der Waals surface area contributed by atoms with E-state index in [4.69, 9.17) is 0 Å². The van der Waals surface area contributed by atoms with E-state index in [0.717, 1.165) is 0 Å². The predicted molar refractivity (Wildman–Crippen MR) is 60.5 cm³/mol. The Labute approximate surface area is 99.3 Å². The number of carbonyl (C=O) groups excluding carboxylic acids is 1. The smallest absolute Gasteiger partial charge is 0.339 e. The van der Waals surface area contributed by atoms with Crippen molar-refractivity contribution in [1.82, 2.24) is 10.3 Å². The van der Waals surface area contributed by atoms with E-state index in [1.54, 1.807) is 7.05 Å². The molecule has 0 aromatic carbocycles. The molecule has 0 amide bonds. The summed E-state index contributed by atoms with van der Waals surface area (Å²) in [5.41, 5.74) is 0.604. The Bertz CT molecular complexity index is 366. The number of pyridine rings is 1. The van der Waals surface area contributed by atoms with Crippen LogP contribution < -0.4 is 5.32 Å². The molecule has 1 rings (SSSR count). The molecule has 0 aliphatic rings. The van der Waals surface area contributed by atoms with Crippen molar-refractivity contribution < 1.29 is 19.7 Å². The van der Waals surface area contributed by atoms with Crippen molar-refractivity contribution in [2.24, 2.45) is 0 Å². The summed E-state index contributed by atoms with van der Waals surface area (Å²) < 4.78 is 4.52. The van der Waals surface area contributed by atoms with E-state index in [-0.39, 0.29) is 6.54 Å². The normalized spacial score (nSPS) is 14.1. The summed E-state index contributed by atoms with van der Waals surface area (Å²) in [7, 11) is 2.95. The van der Waals surface area contributed by atoms with Gasteiger partial charge in [0, 0.05) is 12.7 Å². The number of ether oxygens (including phenoxy) is 1. The minimum absolute atomic E-state index is 0.252. The number of hydrogen-bond donors (Lipinski definition) is 3. The Morgan fingerprint density at radius 2 is 2.24 bits per heavy atom. The van der Waals surface area contributed by atoms with Crippen LogP contribution in [-0.2, 0) is 4.74 Å². The van der Waals surface area contributed by atoms with Crippen LogP contribution in [0.25, 0.3) is 0 Å². The van der Waals surface area contributed by atoms with Gasteiger partial charge in [-0.25, -0.2) is 4.79 Å². The second-order valence-corrected chi connectivity index (χ2v) is 3.53. The largest absolute Gasteiger partial charge is 0.465 e. The first-order chi connectivity index (χ1) is 8.10. The molecule has 0 aliphatic heterocycles. The van der Waals surface area contributed by atoms with Crippen LogP contribution in [-0.4, -0.2) is 48.0 Å². The lowest BCUT2D eigenvalue weighted by atomic mass is 10.1. The molecular weight excluding hydrogens is 224 g/mol. The number of nitrogens with zero attached hydrogens (tertiary/aromatic N) is 1. The van der Waals surface area contributed by atoms with Crippen molar-refractivity contribution in [3.63, 3.8) is 0 Å². The molecule has 0 fully saturated rings. The topological polar surface area (TPSA) is 91.7 Å². The van der Waals surface area contributed by atoms with Crippen molar-refractivity contribution in [1.29, 1.82) is 0 Å². The highest BCUT2D eigenvalue weighted by Gasteiger charge is 2.19. The van der Waals surface area contributed by atoms with Crippen LogP contribution in [0.3, 0.4) is 0 Å². The summed E-state index contributed by atoms with van der Waals surface area (Å²) in [4.78, 5) is 15.1. The van der Waals surface area contributed by atoms with Gasteiger partial charge < -0.3 is 20.3 Å². The monoisotopic (exact) mass is 240 g/mol. The summed E-state index contributed by atoms with van der Waals surface area (Å²) >= 11 is 0. The maximum absolute atomic E-state index is 11.1. The van der Waals surface area contributed by atoms with Gasteiger partial charge in [-0.2, -0.15) is 0 Å². The molecule has 0 spiro atoms. The predicted octanol–water partition coefficient (Wildman–Crippen LogP) is -0.518. The van der Waals surface area contributed by atoms with Crippen molar-refractivity contribution >= 4 is 5.97 Å². The lowest BCUT2D eigenvalue weighted by Gasteiger charge is -2.16. The van der Waals surface area contributed by atoms with Crippen LogP contribution in [0.1, 0.15) is 22.2 Å². The lowest BCUT2D eigenvalue weighted by Crippen LogP contribution is -2.30. The van der Waals surface area contributed by atoms with Crippen LogP contribution in [0.4, 0.5) is 0 Å². The lowest BCUT2D eigenvalue weighted by molar-refractivity contribution is 0.0176. The van der Waals surface area contributed by atoms with Crippen molar-refractivity contribution in [3.8, 4) is 0 Å². The zero-order valence-electron chi connectivity index (χ0n) is 9.75. The van der Waals surface area contributed by atoms with Crippen molar-refractivity contribution in [3.05, 3.63) is 29.6 Å². The van der Waals surface area contributed by atoms with Gasteiger partial charge in [0.2, 0.25) is 0 Å². The number of aromatic nitrogens is 1. The summed E-state index contributed by atoms with van der Waals surface area (Å²) in [6.45, 7) is 0.252. The molecular formula is C11H16N2O4. The molecule has 3 N–H and O–H groups in total. The van der Waals surface area contributed by atoms with Gasteiger partial charge in [-0.3, -0.25) is 4.98 Å². The molecule has 1 aromatic rings. The van der Waals surface area contributed by atoms with Gasteiger partial charge in [0.25, 0.3) is 0 Å². The number of aliphatic hydroxyl groups is 2. The van der Waals surface area contributed by atoms with Crippen LogP contribution in [0.15, 0.2) is 18.3 Å². The summed E-state index contributed by atoms with van der Waals surface area (Å²) in [5, 5.41) is 22.0. The third-order valence-corrected chi connectivity index (χ3v) is 2.29. The van der Waals surface area contributed by atoms with Gasteiger partial charge in [-0.15, -0.1) is 0 Å². The van der Waals surface area contributed by atoms with Gasteiger partial charge in [-0.1, -0.05) is 0 Å². The van der Waals surface area contributed by atoms with E-state index in [0.29, 0.717) is 11.3 Å². The molecule has 0 saturated heterocycles. The number of hydrogen-bond acceptors (Lipinski definition) is 6. The summed E-state index contributed by atoms with van der Waals surface area (Å²) in [6, 6.07) is 2.97. The van der Waals surface area contributed by atoms with Gasteiger partial charge >= 0.3 is 5.97 Å². The van der Waals surface area contributed by atoms with Gasteiger partial charge in [0.15, 0.2) is 0 Å². The molecule has 0 aliphatic carbocycles. The number of aliphatic hydroxyl groups excluding tert-OH is 2. The molecule has 2 unspecified atom stereocenters. The molecule has 2 atom stereocenters. The highest BCUT2D eigenvalue weighted by atomic mass is 16.5. The Morgan fingerprint density at radius 1 is 1.53 bits per heavy atom. The van der Waals surface area contributed by atoms with Gasteiger partial charge in [0.1, 0.15) is 6.10 Å². The highest BCUT2D eigenvalue weighted by Crippen LogP contribution is 2.14. The molecule has 0 saturated carbocycles. The molecule has 0 radical (unpaired) electrons. The minimum atomic E-state index is -1.09. The Morgan fingerprint density at radius 3 is 2.71 bits per heavy atom. The van der Waals surface area contributed by atoms with Crippen molar-refractivity contribution in [2.45, 2.75) is 12.2 Å². The third-order valence-electron chi connectivity index (χ3n) is 2.29. The van der Waals surface area contributed by atoms with Crippen LogP contribution in [0.5, 0.6) is 0 Å². The van der Waals surface area contributed by atoms with Gasteiger partial charge in [0.05, 0.1) is 24.5 Å². The first kappa shape index (κ1) is 13.6. The van der Waals surface area contributed by atoms with E-state index in [1.165, 1.54) is 25.4 Å².